The highest BCUT2D eigenvalue weighted by Gasteiger charge is 2.06. The zero-order chi connectivity index (χ0) is 10.1. The molecule has 1 aromatic heterocycles. The summed E-state index contributed by atoms with van der Waals surface area (Å²) in [6.07, 6.45) is 0. The van der Waals surface area contributed by atoms with E-state index >= 15 is 0 Å². The predicted octanol–water partition coefficient (Wildman–Crippen LogP) is 1.24. The van der Waals surface area contributed by atoms with E-state index < -0.39 is 0 Å². The highest BCUT2D eigenvalue weighted by Crippen LogP contribution is 2.24. The van der Waals surface area contributed by atoms with Gasteiger partial charge in [0.15, 0.2) is 5.13 Å². The van der Waals surface area contributed by atoms with E-state index in [2.05, 4.69) is 10.3 Å². The summed E-state index contributed by atoms with van der Waals surface area (Å²) in [5.74, 6) is -0.113. The molecule has 0 saturated carbocycles. The lowest BCUT2D eigenvalue weighted by atomic mass is 10.2. The topological polar surface area (TPSA) is 68.0 Å². The number of rotatable bonds is 1. The van der Waals surface area contributed by atoms with Gasteiger partial charge in [0, 0.05) is 12.6 Å². The number of anilines is 1. The van der Waals surface area contributed by atoms with Gasteiger partial charge in [-0.25, -0.2) is 4.98 Å². The molecule has 0 aliphatic heterocycles. The molecule has 1 aromatic carbocycles. The van der Waals surface area contributed by atoms with Crippen molar-refractivity contribution in [2.24, 2.45) is 0 Å². The Morgan fingerprint density at radius 3 is 3.07 bits per heavy atom. The summed E-state index contributed by atoms with van der Waals surface area (Å²) < 4.78 is 0.996. The smallest absolute Gasteiger partial charge is 0.251 e. The number of amides is 1. The average Bonchev–Trinajstić information content (AvgIpc) is 2.55. The molecule has 1 heterocycles. The number of nitrogens with one attached hydrogen (secondary N) is 1. The molecule has 3 N–H and O–H groups in total. The van der Waals surface area contributed by atoms with Crippen molar-refractivity contribution in [2.75, 3.05) is 12.8 Å². The average molecular weight is 207 g/mol. The molecule has 0 bridgehead atoms. The molecule has 0 aliphatic rings. The number of nitrogens with zero attached hydrogens (tertiary/aromatic N) is 1. The fourth-order valence-corrected chi connectivity index (χ4v) is 1.95. The summed E-state index contributed by atoms with van der Waals surface area (Å²) in [6.45, 7) is 0. The van der Waals surface area contributed by atoms with Crippen molar-refractivity contribution >= 4 is 32.6 Å². The first-order chi connectivity index (χ1) is 6.70. The fourth-order valence-electron chi connectivity index (χ4n) is 1.23. The van der Waals surface area contributed by atoms with Crippen LogP contribution in [0.4, 0.5) is 5.13 Å². The lowest BCUT2D eigenvalue weighted by molar-refractivity contribution is 0.0963. The molecule has 0 spiro atoms. The number of nitrogen functional groups attached to an aromatic ring is 1. The summed E-state index contributed by atoms with van der Waals surface area (Å²) in [4.78, 5) is 15.4. The molecule has 14 heavy (non-hydrogen) atoms. The molecule has 4 nitrogen and oxygen atoms in total. The van der Waals surface area contributed by atoms with Crippen LogP contribution >= 0.6 is 11.3 Å². The van der Waals surface area contributed by atoms with Crippen molar-refractivity contribution in [3.8, 4) is 0 Å². The second kappa shape index (κ2) is 3.26. The van der Waals surface area contributed by atoms with Gasteiger partial charge < -0.3 is 11.1 Å². The first-order valence-electron chi connectivity index (χ1n) is 4.09. The maximum absolute atomic E-state index is 11.3. The summed E-state index contributed by atoms with van der Waals surface area (Å²) in [6, 6.07) is 5.35. The predicted molar refractivity (Wildman–Crippen MR) is 57.4 cm³/mol. The monoisotopic (exact) mass is 207 g/mol. The van der Waals surface area contributed by atoms with Crippen LogP contribution < -0.4 is 11.1 Å². The van der Waals surface area contributed by atoms with Crippen LogP contribution in [0.15, 0.2) is 18.2 Å². The van der Waals surface area contributed by atoms with E-state index in [4.69, 9.17) is 5.73 Å². The van der Waals surface area contributed by atoms with Crippen LogP contribution in [-0.2, 0) is 0 Å². The minimum absolute atomic E-state index is 0.113. The maximum Gasteiger partial charge on any atom is 0.251 e. The van der Waals surface area contributed by atoms with Gasteiger partial charge in [0.1, 0.15) is 0 Å². The van der Waals surface area contributed by atoms with E-state index in [1.165, 1.54) is 11.3 Å². The minimum Gasteiger partial charge on any atom is -0.375 e. The third kappa shape index (κ3) is 1.42. The minimum atomic E-state index is -0.113. The molecule has 0 fully saturated rings. The van der Waals surface area contributed by atoms with Crippen LogP contribution in [0.3, 0.4) is 0 Å². The molecular formula is C9H9N3OS. The fraction of sp³-hybridized carbons (Fsp3) is 0.111. The Morgan fingerprint density at radius 1 is 1.57 bits per heavy atom. The molecule has 0 saturated heterocycles. The van der Waals surface area contributed by atoms with Crippen molar-refractivity contribution < 1.29 is 4.79 Å². The summed E-state index contributed by atoms with van der Waals surface area (Å²) in [5.41, 5.74) is 6.93. The van der Waals surface area contributed by atoms with Gasteiger partial charge in [-0.1, -0.05) is 11.3 Å². The van der Waals surface area contributed by atoms with Crippen LogP contribution in [0, 0.1) is 0 Å². The van der Waals surface area contributed by atoms with E-state index in [1.54, 1.807) is 19.2 Å². The molecule has 0 unspecified atom stereocenters. The first-order valence-corrected chi connectivity index (χ1v) is 4.90. The summed E-state index contributed by atoms with van der Waals surface area (Å²) in [7, 11) is 1.60. The van der Waals surface area contributed by atoms with Crippen LogP contribution in [0.2, 0.25) is 0 Å². The molecule has 2 rings (SSSR count). The summed E-state index contributed by atoms with van der Waals surface area (Å²) >= 11 is 1.42. The van der Waals surface area contributed by atoms with Gasteiger partial charge in [0.25, 0.3) is 5.91 Å². The zero-order valence-electron chi connectivity index (χ0n) is 7.57. The number of hydrogen-bond acceptors (Lipinski definition) is 4. The van der Waals surface area contributed by atoms with Crippen LogP contribution in [0.25, 0.3) is 10.2 Å². The molecular weight excluding hydrogens is 198 g/mol. The number of fused-ring (bicyclic) bond motifs is 1. The maximum atomic E-state index is 11.3. The van der Waals surface area contributed by atoms with Crippen molar-refractivity contribution in [1.29, 1.82) is 0 Å². The molecule has 72 valence electrons. The Hall–Kier alpha value is -1.62. The van der Waals surface area contributed by atoms with Gasteiger partial charge in [0.2, 0.25) is 0 Å². The Kier molecular flexibility index (Phi) is 2.09. The van der Waals surface area contributed by atoms with E-state index in [0.717, 1.165) is 10.2 Å². The number of aromatic nitrogens is 1. The van der Waals surface area contributed by atoms with Crippen molar-refractivity contribution in [2.45, 2.75) is 0 Å². The number of carbonyl (C=O) groups excluding carboxylic acids is 1. The molecule has 5 heteroatoms. The van der Waals surface area contributed by atoms with E-state index in [0.29, 0.717) is 10.7 Å². The van der Waals surface area contributed by atoms with E-state index in [9.17, 15) is 4.79 Å². The van der Waals surface area contributed by atoms with Crippen molar-refractivity contribution in [1.82, 2.24) is 10.3 Å². The van der Waals surface area contributed by atoms with Gasteiger partial charge in [0.05, 0.1) is 10.2 Å². The van der Waals surface area contributed by atoms with Crippen molar-refractivity contribution in [3.63, 3.8) is 0 Å². The quantitative estimate of drug-likeness (QED) is 0.739. The number of thiazole rings is 1. The number of nitrogens with two attached hydrogens (primary N) is 1. The van der Waals surface area contributed by atoms with E-state index in [1.807, 2.05) is 6.07 Å². The van der Waals surface area contributed by atoms with Gasteiger partial charge in [-0.15, -0.1) is 0 Å². The number of benzene rings is 1. The molecule has 1 amide bonds. The largest absolute Gasteiger partial charge is 0.375 e. The number of carbonyl (C=O) groups is 1. The van der Waals surface area contributed by atoms with Crippen LogP contribution in [0.1, 0.15) is 10.4 Å². The normalized spacial score (nSPS) is 10.4. The van der Waals surface area contributed by atoms with Gasteiger partial charge in [-0.2, -0.15) is 0 Å². The number of hydrogen-bond donors (Lipinski definition) is 2. The Balaban J connectivity index is 2.55. The molecule has 0 aliphatic carbocycles. The van der Waals surface area contributed by atoms with Gasteiger partial charge in [-0.3, -0.25) is 4.79 Å². The third-order valence-electron chi connectivity index (χ3n) is 1.89. The van der Waals surface area contributed by atoms with Crippen LogP contribution in [-0.4, -0.2) is 17.9 Å². The van der Waals surface area contributed by atoms with Crippen molar-refractivity contribution in [3.05, 3.63) is 23.8 Å². The zero-order valence-corrected chi connectivity index (χ0v) is 8.39. The standard InChI is InChI=1S/C9H9N3OS/c1-11-8(13)5-2-3-7-6(4-5)12-9(10)14-7/h2-4H,1H3,(H2,10,12)(H,11,13). The Labute approximate surface area is 84.8 Å². The summed E-state index contributed by atoms with van der Waals surface area (Å²) in [5, 5.41) is 3.08. The third-order valence-corrected chi connectivity index (χ3v) is 2.76. The lowest BCUT2D eigenvalue weighted by Crippen LogP contribution is -2.17. The second-order valence-electron chi connectivity index (χ2n) is 2.81. The van der Waals surface area contributed by atoms with E-state index in [-0.39, 0.29) is 5.91 Å². The highest BCUT2D eigenvalue weighted by molar-refractivity contribution is 7.22. The highest BCUT2D eigenvalue weighted by atomic mass is 32.1. The first kappa shape index (κ1) is 8.96. The molecule has 0 atom stereocenters. The Bertz CT molecular complexity index is 492. The lowest BCUT2D eigenvalue weighted by Gasteiger charge is -1.97. The van der Waals surface area contributed by atoms with Gasteiger partial charge in [-0.05, 0) is 18.2 Å². The Morgan fingerprint density at radius 2 is 2.36 bits per heavy atom. The molecule has 0 radical (unpaired) electrons. The second-order valence-corrected chi connectivity index (χ2v) is 3.88. The van der Waals surface area contributed by atoms with Gasteiger partial charge >= 0.3 is 0 Å². The molecule has 2 aromatic rings. The van der Waals surface area contributed by atoms with Crippen LogP contribution in [0.5, 0.6) is 0 Å². The SMILES string of the molecule is CNC(=O)c1ccc2sc(N)nc2c1.